The summed E-state index contributed by atoms with van der Waals surface area (Å²) in [5.41, 5.74) is 0.0506. The van der Waals surface area contributed by atoms with Crippen LogP contribution in [0, 0.1) is 23.7 Å². The zero-order chi connectivity index (χ0) is 39.1. The van der Waals surface area contributed by atoms with E-state index in [1.165, 1.54) is 7.11 Å². The molecular formula is C38H63N5O8. The lowest BCUT2D eigenvalue weighted by Gasteiger charge is -2.30. The van der Waals surface area contributed by atoms with Crippen LogP contribution in [0.4, 0.5) is 4.79 Å². The minimum atomic E-state index is -1.06. The first-order chi connectivity index (χ1) is 23.6. The van der Waals surface area contributed by atoms with Crippen molar-refractivity contribution in [3.8, 4) is 0 Å². The Balaban J connectivity index is 3.21. The lowest BCUT2D eigenvalue weighted by Crippen LogP contribution is -2.60. The summed E-state index contributed by atoms with van der Waals surface area (Å²) in [6.45, 7) is 20.1. The van der Waals surface area contributed by atoms with Gasteiger partial charge in [-0.2, -0.15) is 0 Å². The quantitative estimate of drug-likeness (QED) is 0.133. The molecule has 0 aromatic heterocycles. The summed E-state index contributed by atoms with van der Waals surface area (Å²) in [7, 11) is 1.24. The van der Waals surface area contributed by atoms with Gasteiger partial charge in [-0.1, -0.05) is 85.7 Å². The van der Waals surface area contributed by atoms with Gasteiger partial charge in [0.15, 0.2) is 0 Å². The molecule has 1 aromatic rings. The molecule has 5 atom stereocenters. The van der Waals surface area contributed by atoms with Gasteiger partial charge in [0.2, 0.25) is 23.6 Å². The van der Waals surface area contributed by atoms with Gasteiger partial charge in [-0.3, -0.25) is 19.2 Å². The Morgan fingerprint density at radius 3 is 1.41 bits per heavy atom. The van der Waals surface area contributed by atoms with Gasteiger partial charge >= 0.3 is 12.1 Å². The van der Waals surface area contributed by atoms with Gasteiger partial charge in [0.1, 0.15) is 35.8 Å². The van der Waals surface area contributed by atoms with E-state index < -0.39 is 77.4 Å². The first-order valence-corrected chi connectivity index (χ1v) is 18.0. The molecule has 0 saturated heterocycles. The largest absolute Gasteiger partial charge is 0.467 e. The number of nitrogens with one attached hydrogen (secondary N) is 5. The number of amides is 5. The summed E-state index contributed by atoms with van der Waals surface area (Å²) in [6.07, 6.45) is 0.283. The van der Waals surface area contributed by atoms with Crippen molar-refractivity contribution in [3.63, 3.8) is 0 Å². The summed E-state index contributed by atoms with van der Waals surface area (Å²) >= 11 is 0. The fourth-order valence-corrected chi connectivity index (χ4v) is 5.34. The van der Waals surface area contributed by atoms with Crippen molar-refractivity contribution in [1.29, 1.82) is 0 Å². The highest BCUT2D eigenvalue weighted by Gasteiger charge is 2.35. The Hall–Kier alpha value is -4.16. The maximum Gasteiger partial charge on any atom is 0.408 e. The Morgan fingerprint density at radius 2 is 1.00 bits per heavy atom. The van der Waals surface area contributed by atoms with Crippen molar-refractivity contribution in [3.05, 3.63) is 35.9 Å². The van der Waals surface area contributed by atoms with Crippen LogP contribution < -0.4 is 26.6 Å². The van der Waals surface area contributed by atoms with E-state index in [2.05, 4.69) is 26.6 Å². The maximum atomic E-state index is 13.8. The van der Waals surface area contributed by atoms with E-state index in [1.807, 2.05) is 71.9 Å². The standard InChI is InChI=1S/C38H63N5O8/c1-22(2)18-27(32(44)41-30(36(48)50-12)21-26-16-14-13-15-17-26)40-35(47)31(25(7)8)43-34(46)28(19-23(3)4)39-33(45)29(20-24(5)6)42-37(49)51-38(9,10)11/h13-17,22-25,27-31H,18-21H2,1-12H3,(H,39,45)(H,40,47)(H,41,44)(H,42,49)(H,43,46)/t27-,28+,29+,30-,31-/m0/s1. The van der Waals surface area contributed by atoms with Crippen LogP contribution in [-0.2, 0) is 39.9 Å². The molecule has 0 radical (unpaired) electrons. The predicted molar refractivity (Wildman–Crippen MR) is 196 cm³/mol. The van der Waals surface area contributed by atoms with Gasteiger partial charge in [0, 0.05) is 6.42 Å². The molecule has 13 nitrogen and oxygen atoms in total. The SMILES string of the molecule is COC(=O)[C@H](Cc1ccccc1)NC(=O)[C@H](CC(C)C)NC(=O)[C@@H](NC(=O)[C@@H](CC(C)C)NC(=O)[C@@H](CC(C)C)NC(=O)OC(C)(C)C)C(C)C. The second-order valence-electron chi connectivity index (χ2n) is 15.7. The summed E-state index contributed by atoms with van der Waals surface area (Å²) in [6, 6.07) is 4.14. The van der Waals surface area contributed by atoms with Gasteiger partial charge < -0.3 is 36.1 Å². The van der Waals surface area contributed by atoms with Gasteiger partial charge in [-0.05, 0) is 69.3 Å². The van der Waals surface area contributed by atoms with Gasteiger partial charge in [0.25, 0.3) is 0 Å². The monoisotopic (exact) mass is 717 g/mol. The molecular weight excluding hydrogens is 654 g/mol. The molecule has 51 heavy (non-hydrogen) atoms. The second kappa shape index (κ2) is 21.3. The maximum absolute atomic E-state index is 13.8. The lowest BCUT2D eigenvalue weighted by molar-refractivity contribution is -0.145. The van der Waals surface area contributed by atoms with Crippen LogP contribution in [0.25, 0.3) is 0 Å². The van der Waals surface area contributed by atoms with Crippen molar-refractivity contribution < 1.29 is 38.2 Å². The van der Waals surface area contributed by atoms with Crippen LogP contribution in [0.15, 0.2) is 30.3 Å². The van der Waals surface area contributed by atoms with Crippen LogP contribution in [0.2, 0.25) is 0 Å². The molecule has 0 bridgehead atoms. The normalized spacial score (nSPS) is 14.6. The third kappa shape index (κ3) is 17.6. The highest BCUT2D eigenvalue weighted by atomic mass is 16.6. The summed E-state index contributed by atoms with van der Waals surface area (Å²) in [5.74, 6) is -3.26. The molecule has 1 rings (SSSR count). The number of ether oxygens (including phenoxy) is 2. The van der Waals surface area contributed by atoms with Crippen molar-refractivity contribution in [2.24, 2.45) is 23.7 Å². The van der Waals surface area contributed by atoms with Crippen LogP contribution in [0.1, 0.15) is 101 Å². The molecule has 0 aliphatic carbocycles. The Morgan fingerprint density at radius 1 is 0.588 bits per heavy atom. The number of alkyl carbamates (subject to hydrolysis) is 1. The third-order valence-corrected chi connectivity index (χ3v) is 7.73. The highest BCUT2D eigenvalue weighted by molar-refractivity contribution is 5.96. The van der Waals surface area contributed by atoms with Gasteiger partial charge in [-0.15, -0.1) is 0 Å². The Labute approximate surface area is 304 Å². The van der Waals surface area contributed by atoms with Crippen LogP contribution in [0.3, 0.4) is 0 Å². The fourth-order valence-electron chi connectivity index (χ4n) is 5.34. The second-order valence-corrected chi connectivity index (χ2v) is 15.7. The molecule has 0 fully saturated rings. The lowest BCUT2D eigenvalue weighted by atomic mass is 9.97. The zero-order valence-corrected chi connectivity index (χ0v) is 32.7. The molecule has 0 saturated carbocycles. The number of hydrogen-bond donors (Lipinski definition) is 5. The smallest absolute Gasteiger partial charge is 0.408 e. The molecule has 5 N–H and O–H groups in total. The van der Waals surface area contributed by atoms with Crippen LogP contribution in [0.5, 0.6) is 0 Å². The number of carbonyl (C=O) groups excluding carboxylic acids is 6. The summed E-state index contributed by atoms with van der Waals surface area (Å²) in [4.78, 5) is 79.8. The molecule has 5 amide bonds. The number of rotatable bonds is 19. The van der Waals surface area contributed by atoms with E-state index in [9.17, 15) is 28.8 Å². The number of carbonyl (C=O) groups is 6. The van der Waals surface area contributed by atoms with E-state index in [0.717, 1.165) is 5.56 Å². The molecule has 0 heterocycles. The minimum absolute atomic E-state index is 0.00227. The van der Waals surface area contributed by atoms with Crippen LogP contribution >= 0.6 is 0 Å². The van der Waals surface area contributed by atoms with Crippen molar-refractivity contribution in [1.82, 2.24) is 26.6 Å². The predicted octanol–water partition coefficient (Wildman–Crippen LogP) is 4.03. The third-order valence-electron chi connectivity index (χ3n) is 7.73. The minimum Gasteiger partial charge on any atom is -0.467 e. The van der Waals surface area contributed by atoms with Crippen molar-refractivity contribution >= 4 is 35.7 Å². The van der Waals surface area contributed by atoms with E-state index in [1.54, 1.807) is 34.6 Å². The molecule has 1 aromatic carbocycles. The van der Waals surface area contributed by atoms with E-state index >= 15 is 0 Å². The van der Waals surface area contributed by atoms with Gasteiger partial charge in [0.05, 0.1) is 7.11 Å². The number of benzene rings is 1. The van der Waals surface area contributed by atoms with Crippen molar-refractivity contribution in [2.45, 2.75) is 138 Å². The Bertz CT molecular complexity index is 1290. The summed E-state index contributed by atoms with van der Waals surface area (Å²) in [5, 5.41) is 13.7. The number of methoxy groups -OCH3 is 1. The summed E-state index contributed by atoms with van der Waals surface area (Å²) < 4.78 is 10.3. The number of hydrogen-bond acceptors (Lipinski definition) is 8. The first kappa shape index (κ1) is 44.9. The van der Waals surface area contributed by atoms with Gasteiger partial charge in [-0.25, -0.2) is 9.59 Å². The fraction of sp³-hybridized carbons (Fsp3) is 0.684. The van der Waals surface area contributed by atoms with E-state index in [0.29, 0.717) is 6.42 Å². The highest BCUT2D eigenvalue weighted by Crippen LogP contribution is 2.14. The molecule has 0 unspecified atom stereocenters. The molecule has 288 valence electrons. The Kier molecular flexibility index (Phi) is 18.7. The molecule has 13 heteroatoms. The molecule has 0 spiro atoms. The van der Waals surface area contributed by atoms with Crippen LogP contribution in [-0.4, -0.2) is 78.6 Å². The average Bonchev–Trinajstić information content (AvgIpc) is 3.00. The molecule has 0 aliphatic rings. The zero-order valence-electron chi connectivity index (χ0n) is 32.7. The van der Waals surface area contributed by atoms with E-state index in [-0.39, 0.29) is 37.0 Å². The topological polar surface area (TPSA) is 181 Å². The van der Waals surface area contributed by atoms with Crippen molar-refractivity contribution in [2.75, 3.05) is 7.11 Å². The number of esters is 1. The van der Waals surface area contributed by atoms with E-state index in [4.69, 9.17) is 9.47 Å². The first-order valence-electron chi connectivity index (χ1n) is 18.0. The molecule has 0 aliphatic heterocycles. The average molecular weight is 718 g/mol.